The van der Waals surface area contributed by atoms with E-state index < -0.39 is 0 Å². The average molecular weight is 409 g/mol. The summed E-state index contributed by atoms with van der Waals surface area (Å²) >= 11 is 0. The van der Waals surface area contributed by atoms with Gasteiger partial charge in [-0.15, -0.1) is 0 Å². The van der Waals surface area contributed by atoms with Gasteiger partial charge in [0.2, 0.25) is 0 Å². The van der Waals surface area contributed by atoms with Crippen molar-refractivity contribution >= 4 is 5.97 Å². The molecule has 0 aliphatic heterocycles. The molecular weight excluding hydrogens is 372 g/mol. The minimum atomic E-state index is -0.243. The highest BCUT2D eigenvalue weighted by atomic mass is 16.5. The first-order valence-electron chi connectivity index (χ1n) is 11.2. The number of phenols is 1. The molecule has 1 aliphatic carbocycles. The van der Waals surface area contributed by atoms with Crippen LogP contribution in [0, 0.1) is 0 Å². The van der Waals surface area contributed by atoms with Crippen LogP contribution >= 0.6 is 0 Å². The van der Waals surface area contributed by atoms with Gasteiger partial charge in [0.15, 0.2) is 0 Å². The zero-order chi connectivity index (χ0) is 22.1. The number of phenolic OH excluding ortho intramolecular Hbond substituents is 1. The number of rotatable bonds is 4. The Morgan fingerprint density at radius 2 is 1.40 bits per heavy atom. The number of carbonyl (C=O) groups is 1. The van der Waals surface area contributed by atoms with E-state index in [0.29, 0.717) is 18.6 Å². The second-order valence-electron chi connectivity index (χ2n) is 10.6. The Morgan fingerprint density at radius 3 is 1.87 bits per heavy atom. The van der Waals surface area contributed by atoms with E-state index >= 15 is 0 Å². The van der Waals surface area contributed by atoms with Crippen LogP contribution in [0.25, 0.3) is 0 Å². The first-order valence-corrected chi connectivity index (χ1v) is 11.2. The third kappa shape index (κ3) is 4.71. The molecule has 3 heteroatoms. The number of benzene rings is 2. The molecule has 2 aromatic rings. The number of hydrogen-bond acceptors (Lipinski definition) is 3. The SMILES string of the molecule is CC(C)(C)c1c(O)c(C(C)(C)C)c2c(OC(=O)CCc3ccccc3)c1CCCC2. The van der Waals surface area contributed by atoms with Crippen molar-refractivity contribution < 1.29 is 14.6 Å². The van der Waals surface area contributed by atoms with Crippen molar-refractivity contribution in [2.24, 2.45) is 0 Å². The second kappa shape index (κ2) is 8.45. The Balaban J connectivity index is 2.05. The molecule has 3 nitrogen and oxygen atoms in total. The number of aryl methyl sites for hydroxylation is 1. The van der Waals surface area contributed by atoms with Crippen molar-refractivity contribution in [2.45, 2.75) is 90.9 Å². The maximum Gasteiger partial charge on any atom is 0.311 e. The zero-order valence-corrected chi connectivity index (χ0v) is 19.4. The monoisotopic (exact) mass is 408 g/mol. The van der Waals surface area contributed by atoms with Crippen molar-refractivity contribution in [1.82, 2.24) is 0 Å². The average Bonchev–Trinajstić information content (AvgIpc) is 2.77. The van der Waals surface area contributed by atoms with E-state index in [1.54, 1.807) is 0 Å². The molecule has 0 fully saturated rings. The van der Waals surface area contributed by atoms with Gasteiger partial charge in [-0.05, 0) is 48.5 Å². The summed E-state index contributed by atoms with van der Waals surface area (Å²) in [6.07, 6.45) is 4.75. The predicted molar refractivity (Wildman–Crippen MR) is 123 cm³/mol. The normalized spacial score (nSPS) is 14.3. The van der Waals surface area contributed by atoms with Gasteiger partial charge in [0.25, 0.3) is 0 Å². The maximum absolute atomic E-state index is 12.9. The summed E-state index contributed by atoms with van der Waals surface area (Å²) in [4.78, 5) is 12.9. The van der Waals surface area contributed by atoms with E-state index in [2.05, 4.69) is 41.5 Å². The molecule has 2 aromatic carbocycles. The fraction of sp³-hybridized carbons (Fsp3) is 0.519. The Morgan fingerprint density at radius 1 is 0.900 bits per heavy atom. The summed E-state index contributed by atoms with van der Waals surface area (Å²) < 4.78 is 6.10. The number of hydrogen-bond donors (Lipinski definition) is 1. The summed E-state index contributed by atoms with van der Waals surface area (Å²) in [6, 6.07) is 10.0. The molecule has 0 spiro atoms. The first kappa shape index (κ1) is 22.4. The van der Waals surface area contributed by atoms with E-state index in [9.17, 15) is 9.90 Å². The third-order valence-electron chi connectivity index (χ3n) is 5.91. The fourth-order valence-corrected chi connectivity index (χ4v) is 4.70. The van der Waals surface area contributed by atoms with E-state index in [1.807, 2.05) is 30.3 Å². The highest BCUT2D eigenvalue weighted by Crippen LogP contribution is 2.50. The molecule has 1 aliphatic rings. The van der Waals surface area contributed by atoms with Crippen molar-refractivity contribution in [3.05, 3.63) is 58.1 Å². The summed E-state index contributed by atoms with van der Waals surface area (Å²) in [5.74, 6) is 0.915. The van der Waals surface area contributed by atoms with Crippen LogP contribution in [0.3, 0.4) is 0 Å². The molecule has 1 N–H and O–H groups in total. The van der Waals surface area contributed by atoms with Gasteiger partial charge in [-0.1, -0.05) is 71.9 Å². The molecule has 0 amide bonds. The molecule has 3 rings (SSSR count). The van der Waals surface area contributed by atoms with Gasteiger partial charge < -0.3 is 9.84 Å². The highest BCUT2D eigenvalue weighted by molar-refractivity contribution is 5.75. The van der Waals surface area contributed by atoms with Crippen molar-refractivity contribution in [2.75, 3.05) is 0 Å². The third-order valence-corrected chi connectivity index (χ3v) is 5.91. The molecule has 0 saturated carbocycles. The van der Waals surface area contributed by atoms with Crippen LogP contribution < -0.4 is 4.74 Å². The standard InChI is InChI=1S/C27H36O3/c1-26(2,3)22-19-14-10-11-15-20(23(24(22)29)27(4,5)6)25(19)30-21(28)17-16-18-12-8-7-9-13-18/h7-9,12-13,29H,10-11,14-17H2,1-6H3. The van der Waals surface area contributed by atoms with Gasteiger partial charge in [-0.25, -0.2) is 0 Å². The van der Waals surface area contributed by atoms with E-state index in [0.717, 1.165) is 59.3 Å². The lowest BCUT2D eigenvalue weighted by molar-refractivity contribution is -0.134. The van der Waals surface area contributed by atoms with Crippen LogP contribution in [0.1, 0.15) is 88.6 Å². The Kier molecular flexibility index (Phi) is 6.31. The number of esters is 1. The lowest BCUT2D eigenvalue weighted by Crippen LogP contribution is -2.23. The Bertz CT molecular complexity index is 867. The molecule has 0 heterocycles. The summed E-state index contributed by atoms with van der Waals surface area (Å²) in [6.45, 7) is 12.7. The molecule has 0 atom stereocenters. The Hall–Kier alpha value is -2.29. The van der Waals surface area contributed by atoms with Crippen molar-refractivity contribution in [1.29, 1.82) is 0 Å². The highest BCUT2D eigenvalue weighted by Gasteiger charge is 2.36. The van der Waals surface area contributed by atoms with Gasteiger partial charge in [0, 0.05) is 28.7 Å². The van der Waals surface area contributed by atoms with Crippen LogP contribution in [-0.2, 0) is 34.9 Å². The van der Waals surface area contributed by atoms with Crippen LogP contribution in [0.2, 0.25) is 0 Å². The lowest BCUT2D eigenvalue weighted by atomic mass is 9.74. The van der Waals surface area contributed by atoms with E-state index in [4.69, 9.17) is 4.74 Å². The first-order chi connectivity index (χ1) is 14.0. The van der Waals surface area contributed by atoms with Gasteiger partial charge in [0.05, 0.1) is 0 Å². The minimum absolute atomic E-state index is 0.200. The van der Waals surface area contributed by atoms with Gasteiger partial charge in [-0.2, -0.15) is 0 Å². The molecule has 0 radical (unpaired) electrons. The predicted octanol–water partition coefficient (Wildman–Crippen LogP) is 6.40. The van der Waals surface area contributed by atoms with Crippen LogP contribution in [0.5, 0.6) is 11.5 Å². The smallest absolute Gasteiger partial charge is 0.311 e. The largest absolute Gasteiger partial charge is 0.507 e. The topological polar surface area (TPSA) is 46.5 Å². The van der Waals surface area contributed by atoms with Crippen LogP contribution in [-0.4, -0.2) is 11.1 Å². The molecule has 2 bridgehead atoms. The zero-order valence-electron chi connectivity index (χ0n) is 19.4. The Labute approximate surface area is 181 Å². The fourth-order valence-electron chi connectivity index (χ4n) is 4.70. The molecule has 162 valence electrons. The van der Waals surface area contributed by atoms with E-state index in [1.165, 1.54) is 0 Å². The number of aromatic hydroxyl groups is 1. The molecule has 0 aromatic heterocycles. The minimum Gasteiger partial charge on any atom is -0.507 e. The molecule has 0 saturated heterocycles. The summed E-state index contributed by atoms with van der Waals surface area (Å²) in [5, 5.41) is 11.4. The van der Waals surface area contributed by atoms with E-state index in [-0.39, 0.29) is 16.8 Å². The molecule has 30 heavy (non-hydrogen) atoms. The van der Waals surface area contributed by atoms with Crippen LogP contribution in [0.4, 0.5) is 0 Å². The van der Waals surface area contributed by atoms with Crippen molar-refractivity contribution in [3.8, 4) is 11.5 Å². The summed E-state index contributed by atoms with van der Waals surface area (Å²) in [7, 11) is 0. The van der Waals surface area contributed by atoms with Gasteiger partial charge in [-0.3, -0.25) is 4.79 Å². The summed E-state index contributed by atoms with van der Waals surface area (Å²) in [5.41, 5.74) is 4.56. The maximum atomic E-state index is 12.9. The number of ether oxygens (including phenoxy) is 1. The van der Waals surface area contributed by atoms with Crippen LogP contribution in [0.15, 0.2) is 30.3 Å². The van der Waals surface area contributed by atoms with Gasteiger partial charge in [0.1, 0.15) is 11.5 Å². The lowest BCUT2D eigenvalue weighted by Gasteiger charge is -2.33. The number of carbonyl (C=O) groups excluding carboxylic acids is 1. The quantitative estimate of drug-likeness (QED) is 0.470. The number of fused-ring (bicyclic) bond motifs is 2. The molecular formula is C27H36O3. The second-order valence-corrected chi connectivity index (χ2v) is 10.6. The van der Waals surface area contributed by atoms with Crippen molar-refractivity contribution in [3.63, 3.8) is 0 Å². The van der Waals surface area contributed by atoms with Gasteiger partial charge >= 0.3 is 5.97 Å². The molecule has 0 unspecified atom stereocenters.